The fourth-order valence-corrected chi connectivity index (χ4v) is 2.94. The molecule has 22 heavy (non-hydrogen) atoms. The molecule has 2 fully saturated rings. The van der Waals surface area contributed by atoms with Gasteiger partial charge in [-0.05, 0) is 37.8 Å². The van der Waals surface area contributed by atoms with Crippen molar-refractivity contribution in [2.75, 3.05) is 23.4 Å². The Morgan fingerprint density at radius 2 is 1.82 bits per heavy atom. The van der Waals surface area contributed by atoms with Crippen molar-refractivity contribution in [2.24, 2.45) is 5.92 Å². The molecule has 0 unspecified atom stereocenters. The molecule has 0 aromatic heterocycles. The second-order valence-electron chi connectivity index (χ2n) is 6.01. The summed E-state index contributed by atoms with van der Waals surface area (Å²) in [7, 11) is 0. The van der Waals surface area contributed by atoms with Gasteiger partial charge in [-0.25, -0.2) is 0 Å². The molecule has 1 saturated heterocycles. The van der Waals surface area contributed by atoms with Crippen LogP contribution in [0, 0.1) is 5.92 Å². The van der Waals surface area contributed by atoms with Gasteiger partial charge in [0.05, 0.1) is 11.4 Å². The molecule has 0 atom stereocenters. The van der Waals surface area contributed by atoms with Gasteiger partial charge >= 0.3 is 0 Å². The number of ether oxygens (including phenoxy) is 1. The molecule has 5 heteroatoms. The van der Waals surface area contributed by atoms with E-state index in [1.54, 1.807) is 11.8 Å². The van der Waals surface area contributed by atoms with E-state index in [2.05, 4.69) is 5.32 Å². The summed E-state index contributed by atoms with van der Waals surface area (Å²) in [6.45, 7) is 2.86. The van der Waals surface area contributed by atoms with E-state index in [9.17, 15) is 9.59 Å². The smallest absolute Gasteiger partial charge is 0.227 e. The van der Waals surface area contributed by atoms with Crippen molar-refractivity contribution >= 4 is 23.2 Å². The maximum atomic E-state index is 12.4. The topological polar surface area (TPSA) is 58.6 Å². The average Bonchev–Trinajstić information content (AvgIpc) is 3.34. The molecule has 1 saturated carbocycles. The summed E-state index contributed by atoms with van der Waals surface area (Å²) in [4.78, 5) is 26.2. The van der Waals surface area contributed by atoms with Crippen molar-refractivity contribution in [2.45, 2.75) is 38.6 Å². The van der Waals surface area contributed by atoms with Gasteiger partial charge in [0.15, 0.2) is 0 Å². The summed E-state index contributed by atoms with van der Waals surface area (Å²) in [6.07, 6.45) is 3.57. The van der Waals surface area contributed by atoms with Gasteiger partial charge < -0.3 is 15.0 Å². The number of hydrogen-bond donors (Lipinski definition) is 1. The molecule has 1 N–H and O–H groups in total. The lowest BCUT2D eigenvalue weighted by Crippen LogP contribution is -2.33. The zero-order valence-corrected chi connectivity index (χ0v) is 12.9. The molecule has 0 spiro atoms. The quantitative estimate of drug-likeness (QED) is 0.930. The molecule has 2 aliphatic rings. The zero-order chi connectivity index (χ0) is 15.5. The van der Waals surface area contributed by atoms with E-state index < -0.39 is 0 Å². The molecular formula is C17H22N2O3. The minimum atomic E-state index is -0.00601. The van der Waals surface area contributed by atoms with Crippen LogP contribution in [0.5, 0.6) is 0 Å². The molecule has 3 rings (SSSR count). The van der Waals surface area contributed by atoms with E-state index in [-0.39, 0.29) is 23.8 Å². The Morgan fingerprint density at radius 1 is 1.14 bits per heavy atom. The van der Waals surface area contributed by atoms with Crippen molar-refractivity contribution in [1.82, 2.24) is 0 Å². The van der Waals surface area contributed by atoms with Gasteiger partial charge in [0.1, 0.15) is 0 Å². The SMILES string of the molecule is CC(=O)N(c1ccccc1NC(=O)C1CCOCC1)C1CC1. The summed E-state index contributed by atoms with van der Waals surface area (Å²) >= 11 is 0. The maximum Gasteiger partial charge on any atom is 0.227 e. The first-order chi connectivity index (χ1) is 10.7. The molecule has 1 aromatic rings. The number of hydrogen-bond acceptors (Lipinski definition) is 3. The van der Waals surface area contributed by atoms with Gasteiger partial charge in [-0.1, -0.05) is 12.1 Å². The van der Waals surface area contributed by atoms with Gasteiger partial charge in [-0.15, -0.1) is 0 Å². The third-order valence-corrected chi connectivity index (χ3v) is 4.26. The van der Waals surface area contributed by atoms with Gasteiger partial charge in [-0.3, -0.25) is 9.59 Å². The van der Waals surface area contributed by atoms with Crippen molar-refractivity contribution < 1.29 is 14.3 Å². The number of nitrogens with zero attached hydrogens (tertiary/aromatic N) is 1. The number of carbonyl (C=O) groups excluding carboxylic acids is 2. The van der Waals surface area contributed by atoms with Crippen LogP contribution in [0.2, 0.25) is 0 Å². The average molecular weight is 302 g/mol. The van der Waals surface area contributed by atoms with Crippen LogP contribution in [0.25, 0.3) is 0 Å². The number of rotatable bonds is 4. The lowest BCUT2D eigenvalue weighted by molar-refractivity contribution is -0.122. The Morgan fingerprint density at radius 3 is 2.45 bits per heavy atom. The second-order valence-corrected chi connectivity index (χ2v) is 6.01. The number of benzene rings is 1. The lowest BCUT2D eigenvalue weighted by Gasteiger charge is -2.26. The largest absolute Gasteiger partial charge is 0.381 e. The molecular weight excluding hydrogens is 280 g/mol. The predicted octanol–water partition coefficient (Wildman–Crippen LogP) is 2.57. The minimum absolute atomic E-state index is 0.00601. The molecule has 2 amide bonds. The standard InChI is InChI=1S/C17H22N2O3/c1-12(20)19(14-6-7-14)16-5-3-2-4-15(16)18-17(21)13-8-10-22-11-9-13/h2-5,13-14H,6-11H2,1H3,(H,18,21). The van der Waals surface area contributed by atoms with Crippen molar-refractivity contribution in [3.63, 3.8) is 0 Å². The Balaban J connectivity index is 1.78. The Kier molecular flexibility index (Phi) is 4.43. The van der Waals surface area contributed by atoms with Gasteiger partial charge in [0.25, 0.3) is 0 Å². The molecule has 5 nitrogen and oxygen atoms in total. The van der Waals surface area contributed by atoms with Crippen LogP contribution in [0.4, 0.5) is 11.4 Å². The number of anilines is 2. The van der Waals surface area contributed by atoms with E-state index in [0.717, 1.165) is 37.1 Å². The Bertz CT molecular complexity index is 563. The highest BCUT2D eigenvalue weighted by molar-refractivity contribution is 6.01. The van der Waals surface area contributed by atoms with Crippen LogP contribution < -0.4 is 10.2 Å². The van der Waals surface area contributed by atoms with E-state index in [4.69, 9.17) is 4.74 Å². The van der Waals surface area contributed by atoms with Gasteiger partial charge in [0, 0.05) is 32.1 Å². The van der Waals surface area contributed by atoms with E-state index in [1.807, 2.05) is 24.3 Å². The predicted molar refractivity (Wildman–Crippen MR) is 84.8 cm³/mol. The van der Waals surface area contributed by atoms with Crippen LogP contribution in [-0.4, -0.2) is 31.1 Å². The summed E-state index contributed by atoms with van der Waals surface area (Å²) in [5.41, 5.74) is 1.53. The fourth-order valence-electron chi connectivity index (χ4n) is 2.94. The molecule has 1 aliphatic heterocycles. The highest BCUT2D eigenvalue weighted by atomic mass is 16.5. The third-order valence-electron chi connectivity index (χ3n) is 4.26. The van der Waals surface area contributed by atoms with Crippen LogP contribution >= 0.6 is 0 Å². The summed E-state index contributed by atoms with van der Waals surface area (Å²) in [5.74, 6) is 0.0406. The lowest BCUT2D eigenvalue weighted by atomic mass is 9.99. The minimum Gasteiger partial charge on any atom is -0.381 e. The normalized spacial score (nSPS) is 18.8. The molecule has 0 bridgehead atoms. The number of para-hydroxylation sites is 2. The summed E-state index contributed by atoms with van der Waals surface area (Å²) in [5, 5.41) is 3.01. The number of amides is 2. The van der Waals surface area contributed by atoms with Gasteiger partial charge in [0.2, 0.25) is 11.8 Å². The monoisotopic (exact) mass is 302 g/mol. The number of carbonyl (C=O) groups is 2. The molecule has 1 aromatic carbocycles. The zero-order valence-electron chi connectivity index (χ0n) is 12.9. The Hall–Kier alpha value is -1.88. The Labute approximate surface area is 130 Å². The van der Waals surface area contributed by atoms with E-state index in [0.29, 0.717) is 13.2 Å². The first-order valence-electron chi connectivity index (χ1n) is 7.94. The fraction of sp³-hybridized carbons (Fsp3) is 0.529. The summed E-state index contributed by atoms with van der Waals surface area (Å²) in [6, 6.07) is 7.83. The van der Waals surface area contributed by atoms with Crippen LogP contribution in [0.1, 0.15) is 32.6 Å². The van der Waals surface area contributed by atoms with Crippen molar-refractivity contribution in [1.29, 1.82) is 0 Å². The highest BCUT2D eigenvalue weighted by Crippen LogP contribution is 2.36. The highest BCUT2D eigenvalue weighted by Gasteiger charge is 2.33. The molecule has 1 heterocycles. The van der Waals surface area contributed by atoms with Crippen LogP contribution in [0.3, 0.4) is 0 Å². The molecule has 118 valence electrons. The van der Waals surface area contributed by atoms with Gasteiger partial charge in [-0.2, -0.15) is 0 Å². The molecule has 1 aliphatic carbocycles. The first-order valence-corrected chi connectivity index (χ1v) is 7.94. The van der Waals surface area contributed by atoms with Crippen LogP contribution in [0.15, 0.2) is 24.3 Å². The number of nitrogens with one attached hydrogen (secondary N) is 1. The first kappa shape index (κ1) is 15.0. The summed E-state index contributed by atoms with van der Waals surface area (Å²) < 4.78 is 5.30. The van der Waals surface area contributed by atoms with Crippen molar-refractivity contribution in [3.8, 4) is 0 Å². The van der Waals surface area contributed by atoms with E-state index in [1.165, 1.54) is 0 Å². The van der Waals surface area contributed by atoms with E-state index >= 15 is 0 Å². The van der Waals surface area contributed by atoms with Crippen LogP contribution in [-0.2, 0) is 14.3 Å². The maximum absolute atomic E-state index is 12.4. The van der Waals surface area contributed by atoms with Crippen molar-refractivity contribution in [3.05, 3.63) is 24.3 Å². The second kappa shape index (κ2) is 6.48. The molecule has 0 radical (unpaired) electrons. The third kappa shape index (κ3) is 3.30.